The standard InChI is InChI=1S/C7H11F3N2O3/c1-12(3-5(13)15-2)6(14)11-4-7(8,9)10/h3-4H2,1-2H3,(H,11,14). The van der Waals surface area contributed by atoms with Gasteiger partial charge < -0.3 is 15.0 Å². The van der Waals surface area contributed by atoms with Gasteiger partial charge in [0, 0.05) is 7.05 Å². The number of amides is 2. The summed E-state index contributed by atoms with van der Waals surface area (Å²) in [4.78, 5) is 22.4. The quantitative estimate of drug-likeness (QED) is 0.709. The van der Waals surface area contributed by atoms with E-state index in [1.54, 1.807) is 5.32 Å². The molecule has 0 bridgehead atoms. The summed E-state index contributed by atoms with van der Waals surface area (Å²) in [5.41, 5.74) is 0. The lowest BCUT2D eigenvalue weighted by molar-refractivity contribution is -0.141. The zero-order valence-electron chi connectivity index (χ0n) is 8.22. The van der Waals surface area contributed by atoms with Crippen LogP contribution in [0.15, 0.2) is 0 Å². The van der Waals surface area contributed by atoms with Crippen LogP contribution in [0.25, 0.3) is 0 Å². The maximum atomic E-state index is 11.7. The van der Waals surface area contributed by atoms with Crippen molar-refractivity contribution >= 4 is 12.0 Å². The van der Waals surface area contributed by atoms with E-state index in [0.29, 0.717) is 0 Å². The molecular formula is C7H11F3N2O3. The molecule has 0 spiro atoms. The Bertz CT molecular complexity index is 242. The predicted molar refractivity (Wildman–Crippen MR) is 44.1 cm³/mol. The second-order valence-electron chi connectivity index (χ2n) is 2.71. The average Bonchev–Trinajstić information content (AvgIpc) is 2.12. The minimum atomic E-state index is -4.47. The molecule has 0 fully saturated rings. The highest BCUT2D eigenvalue weighted by molar-refractivity contribution is 5.80. The highest BCUT2D eigenvalue weighted by Crippen LogP contribution is 2.12. The number of hydrogen-bond donors (Lipinski definition) is 1. The smallest absolute Gasteiger partial charge is 0.405 e. The molecule has 0 atom stereocenters. The first-order valence-electron chi connectivity index (χ1n) is 3.89. The molecule has 0 aromatic rings. The van der Waals surface area contributed by atoms with Gasteiger partial charge in [-0.25, -0.2) is 4.79 Å². The van der Waals surface area contributed by atoms with Crippen LogP contribution in [-0.2, 0) is 9.53 Å². The van der Waals surface area contributed by atoms with Crippen molar-refractivity contribution in [3.63, 3.8) is 0 Å². The molecule has 15 heavy (non-hydrogen) atoms. The van der Waals surface area contributed by atoms with E-state index in [1.165, 1.54) is 7.05 Å². The number of rotatable bonds is 3. The summed E-state index contributed by atoms with van der Waals surface area (Å²) >= 11 is 0. The number of urea groups is 1. The number of halogens is 3. The fourth-order valence-corrected chi connectivity index (χ4v) is 0.641. The molecule has 0 unspecified atom stereocenters. The number of esters is 1. The van der Waals surface area contributed by atoms with Crippen molar-refractivity contribution in [3.05, 3.63) is 0 Å². The van der Waals surface area contributed by atoms with Crippen molar-refractivity contribution in [1.29, 1.82) is 0 Å². The molecule has 0 saturated carbocycles. The highest BCUT2D eigenvalue weighted by Gasteiger charge is 2.28. The normalized spacial score (nSPS) is 10.7. The van der Waals surface area contributed by atoms with Gasteiger partial charge in [0.05, 0.1) is 7.11 Å². The molecule has 0 aliphatic carbocycles. The molecule has 8 heteroatoms. The Hall–Kier alpha value is -1.47. The third-order valence-corrected chi connectivity index (χ3v) is 1.38. The lowest BCUT2D eigenvalue weighted by Crippen LogP contribution is -2.43. The monoisotopic (exact) mass is 228 g/mol. The van der Waals surface area contributed by atoms with Crippen LogP contribution in [0.1, 0.15) is 0 Å². The fourth-order valence-electron chi connectivity index (χ4n) is 0.641. The summed E-state index contributed by atoms with van der Waals surface area (Å²) in [5.74, 6) is -0.709. The summed E-state index contributed by atoms with van der Waals surface area (Å²) in [6.45, 7) is -1.84. The van der Waals surface area contributed by atoms with Crippen molar-refractivity contribution in [2.75, 3.05) is 27.2 Å². The van der Waals surface area contributed by atoms with Gasteiger partial charge in [0.15, 0.2) is 0 Å². The Morgan fingerprint density at radius 1 is 1.40 bits per heavy atom. The van der Waals surface area contributed by atoms with E-state index in [1.807, 2.05) is 0 Å². The lowest BCUT2D eigenvalue weighted by Gasteiger charge is -2.17. The molecule has 0 aromatic carbocycles. The average molecular weight is 228 g/mol. The molecule has 1 N–H and O–H groups in total. The molecule has 0 aliphatic rings. The molecule has 0 rings (SSSR count). The van der Waals surface area contributed by atoms with E-state index in [2.05, 4.69) is 4.74 Å². The molecule has 0 radical (unpaired) electrons. The molecule has 0 saturated heterocycles. The number of nitrogens with one attached hydrogen (secondary N) is 1. The first kappa shape index (κ1) is 13.5. The molecule has 0 heterocycles. The van der Waals surface area contributed by atoms with E-state index in [4.69, 9.17) is 0 Å². The van der Waals surface area contributed by atoms with Gasteiger partial charge in [-0.2, -0.15) is 13.2 Å². The summed E-state index contributed by atoms with van der Waals surface area (Å²) in [7, 11) is 2.30. The number of likely N-dealkylation sites (N-methyl/N-ethyl adjacent to an activating group) is 1. The Balaban J connectivity index is 3.95. The largest absolute Gasteiger partial charge is 0.468 e. The second-order valence-corrected chi connectivity index (χ2v) is 2.71. The van der Waals surface area contributed by atoms with Crippen molar-refractivity contribution in [2.45, 2.75) is 6.18 Å². The lowest BCUT2D eigenvalue weighted by atomic mass is 10.5. The van der Waals surface area contributed by atoms with Crippen LogP contribution in [-0.4, -0.2) is 50.3 Å². The third-order valence-electron chi connectivity index (χ3n) is 1.38. The second kappa shape index (κ2) is 5.42. The highest BCUT2D eigenvalue weighted by atomic mass is 19.4. The fraction of sp³-hybridized carbons (Fsp3) is 0.714. The number of nitrogens with zero attached hydrogens (tertiary/aromatic N) is 1. The van der Waals surface area contributed by atoms with Crippen LogP contribution in [0.2, 0.25) is 0 Å². The zero-order chi connectivity index (χ0) is 12.1. The minimum Gasteiger partial charge on any atom is -0.468 e. The molecule has 0 aliphatic heterocycles. The third kappa shape index (κ3) is 6.58. The first-order valence-corrected chi connectivity index (χ1v) is 3.89. The van der Waals surface area contributed by atoms with Crippen LogP contribution in [0.4, 0.5) is 18.0 Å². The molecule has 2 amide bonds. The van der Waals surface area contributed by atoms with Crippen LogP contribution >= 0.6 is 0 Å². The number of carbonyl (C=O) groups excluding carboxylic acids is 2. The number of alkyl halides is 3. The summed E-state index contributed by atoms with van der Waals surface area (Å²) in [6.07, 6.45) is -4.47. The van der Waals surface area contributed by atoms with Gasteiger partial charge in [-0.15, -0.1) is 0 Å². The van der Waals surface area contributed by atoms with Gasteiger partial charge in [-0.05, 0) is 0 Å². The van der Waals surface area contributed by atoms with Crippen LogP contribution in [0.5, 0.6) is 0 Å². The SMILES string of the molecule is COC(=O)CN(C)C(=O)NCC(F)(F)F. The van der Waals surface area contributed by atoms with E-state index >= 15 is 0 Å². The molecular weight excluding hydrogens is 217 g/mol. The van der Waals surface area contributed by atoms with Gasteiger partial charge in [-0.1, -0.05) is 0 Å². The van der Waals surface area contributed by atoms with E-state index in [9.17, 15) is 22.8 Å². The van der Waals surface area contributed by atoms with Crippen LogP contribution < -0.4 is 5.32 Å². The van der Waals surface area contributed by atoms with Gasteiger partial charge >= 0.3 is 18.2 Å². The van der Waals surface area contributed by atoms with Crippen molar-refractivity contribution in [3.8, 4) is 0 Å². The Morgan fingerprint density at radius 2 is 1.93 bits per heavy atom. The van der Waals surface area contributed by atoms with Crippen molar-refractivity contribution < 1.29 is 27.5 Å². The van der Waals surface area contributed by atoms with E-state index < -0.39 is 31.3 Å². The van der Waals surface area contributed by atoms with Gasteiger partial charge in [0.25, 0.3) is 0 Å². The first-order chi connectivity index (χ1) is 6.76. The Morgan fingerprint density at radius 3 is 2.33 bits per heavy atom. The predicted octanol–water partition coefficient (Wildman–Crippen LogP) is 0.363. The van der Waals surface area contributed by atoms with E-state index in [0.717, 1.165) is 12.0 Å². The minimum absolute atomic E-state index is 0.403. The van der Waals surface area contributed by atoms with E-state index in [-0.39, 0.29) is 0 Å². The van der Waals surface area contributed by atoms with Gasteiger partial charge in [-0.3, -0.25) is 4.79 Å². The number of hydrogen-bond acceptors (Lipinski definition) is 3. The molecule has 5 nitrogen and oxygen atoms in total. The molecule has 88 valence electrons. The summed E-state index contributed by atoms with van der Waals surface area (Å²) in [5, 5.41) is 1.61. The van der Waals surface area contributed by atoms with Crippen LogP contribution in [0, 0.1) is 0 Å². The number of ether oxygens (including phenoxy) is 1. The van der Waals surface area contributed by atoms with Gasteiger partial charge in [0.1, 0.15) is 13.1 Å². The summed E-state index contributed by atoms with van der Waals surface area (Å²) < 4.78 is 39.3. The number of methoxy groups -OCH3 is 1. The maximum Gasteiger partial charge on any atom is 0.405 e. The van der Waals surface area contributed by atoms with Crippen molar-refractivity contribution in [2.24, 2.45) is 0 Å². The summed E-state index contributed by atoms with van der Waals surface area (Å²) in [6, 6.07) is -0.988. The zero-order valence-corrected chi connectivity index (χ0v) is 8.22. The molecule has 0 aromatic heterocycles. The van der Waals surface area contributed by atoms with Crippen LogP contribution in [0.3, 0.4) is 0 Å². The Labute approximate surface area is 84.2 Å². The maximum absolute atomic E-state index is 11.7. The topological polar surface area (TPSA) is 58.6 Å². The van der Waals surface area contributed by atoms with Crippen molar-refractivity contribution in [1.82, 2.24) is 10.2 Å². The Kier molecular flexibility index (Phi) is 4.89. The van der Waals surface area contributed by atoms with Gasteiger partial charge in [0.2, 0.25) is 0 Å². The number of carbonyl (C=O) groups is 2.